The lowest BCUT2D eigenvalue weighted by molar-refractivity contribution is 0.0726. The summed E-state index contributed by atoms with van der Waals surface area (Å²) in [5.41, 5.74) is 1.58. The van der Waals surface area contributed by atoms with E-state index in [1.807, 2.05) is 24.3 Å². The van der Waals surface area contributed by atoms with Crippen LogP contribution in [0.1, 0.15) is 15.9 Å². The molecule has 0 atom stereocenters. The fourth-order valence-corrected chi connectivity index (χ4v) is 1.88. The number of hydrogen-bond donors (Lipinski definition) is 0. The highest BCUT2D eigenvalue weighted by atomic mass is 16.5. The zero-order valence-corrected chi connectivity index (χ0v) is 12.2. The summed E-state index contributed by atoms with van der Waals surface area (Å²) >= 11 is 0. The van der Waals surface area contributed by atoms with Crippen LogP contribution in [-0.2, 0) is 11.3 Å². The maximum Gasteiger partial charge on any atom is 0.188 e. The Morgan fingerprint density at radius 3 is 2.33 bits per heavy atom. The van der Waals surface area contributed by atoms with Gasteiger partial charge in [0.05, 0.1) is 20.8 Å². The Balaban J connectivity index is 1.85. The molecule has 2 aromatic carbocycles. The smallest absolute Gasteiger partial charge is 0.188 e. The highest BCUT2D eigenvalue weighted by Gasteiger charge is 2.06. The lowest BCUT2D eigenvalue weighted by Gasteiger charge is -2.06. The number of carbonyl (C=O) groups is 1. The second-order valence-corrected chi connectivity index (χ2v) is 4.50. The van der Waals surface area contributed by atoms with Crippen LogP contribution in [0.25, 0.3) is 0 Å². The molecule has 0 saturated heterocycles. The molecule has 21 heavy (non-hydrogen) atoms. The fraction of sp³-hybridized carbons (Fsp3) is 0.235. The van der Waals surface area contributed by atoms with Crippen LogP contribution in [0.4, 0.5) is 0 Å². The van der Waals surface area contributed by atoms with Gasteiger partial charge in [0.1, 0.15) is 18.1 Å². The number of carbonyl (C=O) groups excluding carboxylic acids is 1. The predicted molar refractivity (Wildman–Crippen MR) is 80.0 cm³/mol. The van der Waals surface area contributed by atoms with Gasteiger partial charge in [-0.25, -0.2) is 0 Å². The highest BCUT2D eigenvalue weighted by molar-refractivity contribution is 5.97. The summed E-state index contributed by atoms with van der Waals surface area (Å²) in [6, 6.07) is 14.6. The predicted octanol–water partition coefficient (Wildman–Crippen LogP) is 3.10. The first kappa shape index (κ1) is 15.1. The van der Waals surface area contributed by atoms with Crippen LogP contribution in [0, 0.1) is 0 Å². The van der Waals surface area contributed by atoms with Crippen LogP contribution in [0.2, 0.25) is 0 Å². The van der Waals surface area contributed by atoms with Crippen molar-refractivity contribution in [2.24, 2.45) is 0 Å². The van der Waals surface area contributed by atoms with Crippen molar-refractivity contribution >= 4 is 5.78 Å². The summed E-state index contributed by atoms with van der Waals surface area (Å²) in [6.07, 6.45) is 0. The number of rotatable bonds is 7. The van der Waals surface area contributed by atoms with Gasteiger partial charge in [0.2, 0.25) is 0 Å². The molecule has 0 aliphatic carbocycles. The quantitative estimate of drug-likeness (QED) is 0.734. The van der Waals surface area contributed by atoms with Crippen LogP contribution >= 0.6 is 0 Å². The third kappa shape index (κ3) is 4.33. The summed E-state index contributed by atoms with van der Waals surface area (Å²) in [5.74, 6) is 1.45. The van der Waals surface area contributed by atoms with Crippen LogP contribution in [0.3, 0.4) is 0 Å². The van der Waals surface area contributed by atoms with Crippen molar-refractivity contribution in [2.75, 3.05) is 20.8 Å². The third-order valence-corrected chi connectivity index (χ3v) is 3.05. The Kier molecular flexibility index (Phi) is 5.35. The Hall–Kier alpha value is -2.33. The number of hydrogen-bond acceptors (Lipinski definition) is 4. The molecular weight excluding hydrogens is 268 g/mol. The summed E-state index contributed by atoms with van der Waals surface area (Å²) in [7, 11) is 3.21. The average Bonchev–Trinajstić information content (AvgIpc) is 2.55. The number of methoxy groups -OCH3 is 2. The fourth-order valence-electron chi connectivity index (χ4n) is 1.88. The van der Waals surface area contributed by atoms with Gasteiger partial charge in [-0.05, 0) is 42.0 Å². The third-order valence-electron chi connectivity index (χ3n) is 3.05. The zero-order valence-electron chi connectivity index (χ0n) is 12.2. The zero-order chi connectivity index (χ0) is 15.1. The lowest BCUT2D eigenvalue weighted by Crippen LogP contribution is -2.09. The molecule has 0 radical (unpaired) electrons. The second kappa shape index (κ2) is 7.45. The van der Waals surface area contributed by atoms with Crippen molar-refractivity contribution in [2.45, 2.75) is 6.61 Å². The summed E-state index contributed by atoms with van der Waals surface area (Å²) in [4.78, 5) is 12.0. The minimum atomic E-state index is -0.0550. The van der Waals surface area contributed by atoms with Gasteiger partial charge in [-0.2, -0.15) is 0 Å². The van der Waals surface area contributed by atoms with E-state index in [4.69, 9.17) is 14.2 Å². The van der Waals surface area contributed by atoms with Gasteiger partial charge < -0.3 is 14.2 Å². The minimum Gasteiger partial charge on any atom is -0.497 e. The van der Waals surface area contributed by atoms with Crippen molar-refractivity contribution < 1.29 is 19.0 Å². The van der Waals surface area contributed by atoms with E-state index < -0.39 is 0 Å². The van der Waals surface area contributed by atoms with E-state index in [0.29, 0.717) is 12.2 Å². The lowest BCUT2D eigenvalue weighted by atomic mass is 10.1. The van der Waals surface area contributed by atoms with Crippen LogP contribution in [-0.4, -0.2) is 26.6 Å². The monoisotopic (exact) mass is 286 g/mol. The summed E-state index contributed by atoms with van der Waals surface area (Å²) in [5, 5.41) is 0. The van der Waals surface area contributed by atoms with Crippen molar-refractivity contribution in [1.82, 2.24) is 0 Å². The van der Waals surface area contributed by atoms with Crippen molar-refractivity contribution in [3.8, 4) is 11.5 Å². The number of benzene rings is 2. The van der Waals surface area contributed by atoms with E-state index in [1.54, 1.807) is 38.5 Å². The SMILES string of the molecule is COc1ccc(C(=O)COCc2cccc(OC)c2)cc1. The number of Topliss-reactive ketones (excluding diaryl/α,β-unsaturated/α-hetero) is 1. The average molecular weight is 286 g/mol. The van der Waals surface area contributed by atoms with Gasteiger partial charge >= 0.3 is 0 Å². The Labute approximate surface area is 124 Å². The molecule has 0 saturated carbocycles. The Morgan fingerprint density at radius 2 is 1.67 bits per heavy atom. The van der Waals surface area contributed by atoms with E-state index >= 15 is 0 Å². The van der Waals surface area contributed by atoms with Gasteiger partial charge in [-0.3, -0.25) is 4.79 Å². The summed E-state index contributed by atoms with van der Waals surface area (Å²) in [6.45, 7) is 0.419. The molecule has 0 N–H and O–H groups in total. The largest absolute Gasteiger partial charge is 0.497 e. The Morgan fingerprint density at radius 1 is 0.952 bits per heavy atom. The van der Waals surface area contributed by atoms with E-state index in [-0.39, 0.29) is 12.4 Å². The first-order valence-electron chi connectivity index (χ1n) is 6.61. The molecule has 4 nitrogen and oxygen atoms in total. The van der Waals surface area contributed by atoms with Crippen LogP contribution in [0.15, 0.2) is 48.5 Å². The molecule has 2 aromatic rings. The maximum atomic E-state index is 12.0. The highest BCUT2D eigenvalue weighted by Crippen LogP contribution is 2.14. The molecule has 0 heterocycles. The van der Waals surface area contributed by atoms with E-state index in [1.165, 1.54) is 0 Å². The maximum absolute atomic E-state index is 12.0. The molecule has 0 aliphatic heterocycles. The molecule has 0 amide bonds. The number of ketones is 1. The van der Waals surface area contributed by atoms with E-state index in [9.17, 15) is 4.79 Å². The summed E-state index contributed by atoms with van der Waals surface area (Å²) < 4.78 is 15.6. The first-order valence-corrected chi connectivity index (χ1v) is 6.61. The molecule has 0 fully saturated rings. The van der Waals surface area contributed by atoms with Gasteiger partial charge in [0.25, 0.3) is 0 Å². The molecule has 0 aromatic heterocycles. The van der Waals surface area contributed by atoms with Gasteiger partial charge in [-0.15, -0.1) is 0 Å². The Bertz CT molecular complexity index is 590. The standard InChI is InChI=1S/C17H18O4/c1-19-15-8-6-14(7-9-15)17(18)12-21-11-13-4-3-5-16(10-13)20-2/h3-10H,11-12H2,1-2H3. The molecule has 0 aliphatic rings. The molecule has 4 heteroatoms. The molecule has 110 valence electrons. The van der Waals surface area contributed by atoms with E-state index in [0.717, 1.165) is 17.1 Å². The van der Waals surface area contributed by atoms with Crippen molar-refractivity contribution in [3.63, 3.8) is 0 Å². The molecular formula is C17H18O4. The number of ether oxygens (including phenoxy) is 3. The van der Waals surface area contributed by atoms with Gasteiger partial charge in [0.15, 0.2) is 5.78 Å². The topological polar surface area (TPSA) is 44.8 Å². The minimum absolute atomic E-state index is 0.0452. The first-order chi connectivity index (χ1) is 10.2. The van der Waals surface area contributed by atoms with Crippen LogP contribution < -0.4 is 9.47 Å². The van der Waals surface area contributed by atoms with Crippen molar-refractivity contribution in [3.05, 3.63) is 59.7 Å². The normalized spacial score (nSPS) is 10.2. The molecule has 0 spiro atoms. The van der Waals surface area contributed by atoms with E-state index in [2.05, 4.69) is 0 Å². The van der Waals surface area contributed by atoms with Crippen molar-refractivity contribution in [1.29, 1.82) is 0 Å². The second-order valence-electron chi connectivity index (χ2n) is 4.50. The van der Waals surface area contributed by atoms with Gasteiger partial charge in [-0.1, -0.05) is 12.1 Å². The molecule has 0 unspecified atom stereocenters. The van der Waals surface area contributed by atoms with Gasteiger partial charge in [0, 0.05) is 5.56 Å². The van der Waals surface area contributed by atoms with Crippen LogP contribution in [0.5, 0.6) is 11.5 Å². The molecule has 2 rings (SSSR count). The molecule has 0 bridgehead atoms.